The lowest BCUT2D eigenvalue weighted by Crippen LogP contribution is -2.23. The molecule has 1 atom stereocenters. The second-order valence-electron chi connectivity index (χ2n) is 8.09. The van der Waals surface area contributed by atoms with Crippen LogP contribution in [0.5, 0.6) is 5.75 Å². The Morgan fingerprint density at radius 2 is 2.22 bits per heavy atom. The minimum Gasteiger partial charge on any atom is -0.487 e. The van der Waals surface area contributed by atoms with Gasteiger partial charge < -0.3 is 19.9 Å². The highest BCUT2D eigenvalue weighted by Gasteiger charge is 2.22. The maximum atomic E-state index is 12.5. The van der Waals surface area contributed by atoms with Crippen molar-refractivity contribution in [3.05, 3.63) is 52.9 Å². The fourth-order valence-electron chi connectivity index (χ4n) is 3.83. The first-order valence-electron chi connectivity index (χ1n) is 10.6. The summed E-state index contributed by atoms with van der Waals surface area (Å²) in [7, 11) is 2.05. The van der Waals surface area contributed by atoms with Crippen LogP contribution in [0.15, 0.2) is 36.7 Å². The molecule has 0 radical (unpaired) electrons. The molecule has 0 saturated carbocycles. The molecule has 166 valence electrons. The molecule has 0 spiro atoms. The number of nitriles is 1. The fraction of sp³-hybridized carbons (Fsp3) is 0.391. The number of likely N-dealkylation sites (tertiary alicyclic amines) is 1. The summed E-state index contributed by atoms with van der Waals surface area (Å²) in [5.74, 6) is 0.737. The van der Waals surface area contributed by atoms with Crippen LogP contribution in [0.2, 0.25) is 5.02 Å². The van der Waals surface area contributed by atoms with E-state index >= 15 is 0 Å². The minimum absolute atomic E-state index is 0.0790. The maximum absolute atomic E-state index is 12.5. The number of carbonyl (C=O) groups excluding carboxylic acids is 1. The number of hydrogen-bond donors (Lipinski definition) is 1. The molecule has 0 unspecified atom stereocenters. The van der Waals surface area contributed by atoms with Crippen molar-refractivity contribution in [1.29, 1.82) is 5.26 Å². The molecule has 9 heteroatoms. The Balaban J connectivity index is 1.34. The zero-order valence-electron chi connectivity index (χ0n) is 17.9. The van der Waals surface area contributed by atoms with Crippen molar-refractivity contribution in [3.8, 4) is 11.9 Å². The molecule has 1 amide bonds. The van der Waals surface area contributed by atoms with Crippen LogP contribution in [0, 0.1) is 11.5 Å². The highest BCUT2D eigenvalue weighted by molar-refractivity contribution is 6.32. The number of anilines is 1. The molecule has 1 N–H and O–H groups in total. The van der Waals surface area contributed by atoms with Crippen molar-refractivity contribution in [2.45, 2.75) is 25.4 Å². The number of ether oxygens (including phenoxy) is 1. The molecular weight excluding hydrogens is 428 g/mol. The summed E-state index contributed by atoms with van der Waals surface area (Å²) in [6.45, 7) is 3.14. The monoisotopic (exact) mass is 452 g/mol. The van der Waals surface area contributed by atoms with Crippen molar-refractivity contribution < 1.29 is 9.53 Å². The third kappa shape index (κ3) is 5.55. The van der Waals surface area contributed by atoms with Crippen molar-refractivity contribution >= 4 is 28.9 Å². The summed E-state index contributed by atoms with van der Waals surface area (Å²) in [6, 6.07) is 5.49. The van der Waals surface area contributed by atoms with Gasteiger partial charge in [-0.1, -0.05) is 23.7 Å². The zero-order chi connectivity index (χ0) is 22.5. The lowest BCUT2D eigenvalue weighted by atomic mass is 10.0. The first kappa shape index (κ1) is 22.1. The smallest absolute Gasteiger partial charge is 0.230 e. The number of hydrogen-bond acceptors (Lipinski definition) is 7. The zero-order valence-corrected chi connectivity index (χ0v) is 18.7. The molecule has 32 heavy (non-hydrogen) atoms. The number of nitrogens with zero attached hydrogens (tertiary/aromatic N) is 5. The van der Waals surface area contributed by atoms with E-state index in [1.165, 1.54) is 6.20 Å². The van der Waals surface area contributed by atoms with E-state index in [2.05, 4.69) is 33.4 Å². The standard InChI is InChI=1S/C23H25ClN6O2/c1-29-7-6-18(14-29)32-21-11-22(27-13-19(21)24)28-23(31)10-16-2-3-20(26-12-16)17-4-8-30(15-25)9-5-17/h2-4,11-13,18H,5-10,14H2,1H3,(H,27,28,31)/t18-/m0/s1. The lowest BCUT2D eigenvalue weighted by molar-refractivity contribution is -0.115. The molecular formula is C23H25ClN6O2. The van der Waals surface area contributed by atoms with Gasteiger partial charge in [0.25, 0.3) is 0 Å². The van der Waals surface area contributed by atoms with Crippen molar-refractivity contribution in [2.24, 2.45) is 0 Å². The van der Waals surface area contributed by atoms with Gasteiger partial charge >= 0.3 is 0 Å². The molecule has 0 bridgehead atoms. The van der Waals surface area contributed by atoms with Crippen LogP contribution in [-0.2, 0) is 11.2 Å². The summed E-state index contributed by atoms with van der Waals surface area (Å²) < 4.78 is 6.00. The van der Waals surface area contributed by atoms with Crippen LogP contribution < -0.4 is 10.1 Å². The molecule has 8 nitrogen and oxygen atoms in total. The second-order valence-corrected chi connectivity index (χ2v) is 8.50. The average molecular weight is 453 g/mol. The van der Waals surface area contributed by atoms with E-state index in [1.807, 2.05) is 18.2 Å². The van der Waals surface area contributed by atoms with Gasteiger partial charge in [-0.3, -0.25) is 9.78 Å². The quantitative estimate of drug-likeness (QED) is 0.673. The topological polar surface area (TPSA) is 94.4 Å². The number of amides is 1. The number of halogens is 1. The Bertz CT molecular complexity index is 1050. The fourth-order valence-corrected chi connectivity index (χ4v) is 3.98. The third-order valence-electron chi connectivity index (χ3n) is 5.60. The molecule has 2 aliphatic rings. The van der Waals surface area contributed by atoms with Gasteiger partial charge in [0.05, 0.1) is 18.3 Å². The molecule has 4 heterocycles. The van der Waals surface area contributed by atoms with Crippen LogP contribution in [0.25, 0.3) is 5.57 Å². The Hall–Kier alpha value is -3.15. The summed E-state index contributed by atoms with van der Waals surface area (Å²) >= 11 is 6.23. The van der Waals surface area contributed by atoms with E-state index in [0.717, 1.165) is 42.8 Å². The SMILES string of the molecule is CN1CC[C@H](Oc2cc(NC(=O)Cc3ccc(C4=CCN(C#N)CC4)nc3)ncc2Cl)C1. The first-order valence-corrected chi connectivity index (χ1v) is 11.0. The van der Waals surface area contributed by atoms with Crippen molar-refractivity contribution in [2.75, 3.05) is 38.5 Å². The molecule has 2 aromatic rings. The second kappa shape index (κ2) is 9.98. The number of likely N-dealkylation sites (N-methyl/N-ethyl adjacent to an activating group) is 1. The van der Waals surface area contributed by atoms with Crippen molar-refractivity contribution in [3.63, 3.8) is 0 Å². The highest BCUT2D eigenvalue weighted by Crippen LogP contribution is 2.28. The van der Waals surface area contributed by atoms with Crippen LogP contribution in [0.1, 0.15) is 24.1 Å². The Morgan fingerprint density at radius 3 is 2.88 bits per heavy atom. The van der Waals surface area contributed by atoms with Crippen LogP contribution >= 0.6 is 11.6 Å². The van der Waals surface area contributed by atoms with E-state index in [-0.39, 0.29) is 18.4 Å². The lowest BCUT2D eigenvalue weighted by Gasteiger charge is -2.20. The first-order chi connectivity index (χ1) is 15.5. The number of nitrogens with one attached hydrogen (secondary N) is 1. The van der Waals surface area contributed by atoms with Gasteiger partial charge in [-0.15, -0.1) is 0 Å². The molecule has 1 saturated heterocycles. The van der Waals surface area contributed by atoms with Gasteiger partial charge in [-0.2, -0.15) is 5.26 Å². The van der Waals surface area contributed by atoms with Gasteiger partial charge in [0.2, 0.25) is 5.91 Å². The maximum Gasteiger partial charge on any atom is 0.230 e. The van der Waals surface area contributed by atoms with Gasteiger partial charge in [0.1, 0.15) is 22.7 Å². The van der Waals surface area contributed by atoms with E-state index in [1.54, 1.807) is 17.2 Å². The van der Waals surface area contributed by atoms with Gasteiger partial charge in [-0.05, 0) is 37.1 Å². The molecule has 2 aliphatic heterocycles. The van der Waals surface area contributed by atoms with Crippen LogP contribution in [0.3, 0.4) is 0 Å². The predicted octanol–water partition coefficient (Wildman–Crippen LogP) is 2.96. The number of pyridine rings is 2. The average Bonchev–Trinajstić information content (AvgIpc) is 3.21. The summed E-state index contributed by atoms with van der Waals surface area (Å²) in [5.41, 5.74) is 2.81. The predicted molar refractivity (Wildman–Crippen MR) is 122 cm³/mol. The van der Waals surface area contributed by atoms with Gasteiger partial charge in [0, 0.05) is 38.4 Å². The van der Waals surface area contributed by atoms with Crippen LogP contribution in [-0.4, -0.2) is 65.0 Å². The Morgan fingerprint density at radius 1 is 1.34 bits per heavy atom. The van der Waals surface area contributed by atoms with Crippen LogP contribution in [0.4, 0.5) is 5.82 Å². The largest absolute Gasteiger partial charge is 0.487 e. The molecule has 0 aliphatic carbocycles. The molecule has 1 fully saturated rings. The normalized spacial score (nSPS) is 18.7. The summed E-state index contributed by atoms with van der Waals surface area (Å²) in [6.07, 6.45) is 9.37. The van der Waals surface area contributed by atoms with E-state index < -0.39 is 0 Å². The summed E-state index contributed by atoms with van der Waals surface area (Å²) in [4.78, 5) is 25.1. The summed E-state index contributed by atoms with van der Waals surface area (Å²) in [5, 5.41) is 12.2. The Labute approximate surface area is 192 Å². The van der Waals surface area contributed by atoms with Crippen molar-refractivity contribution in [1.82, 2.24) is 19.8 Å². The molecule has 2 aromatic heterocycles. The molecule has 4 rings (SSSR count). The van der Waals surface area contributed by atoms with E-state index in [0.29, 0.717) is 29.7 Å². The number of carbonyl (C=O) groups is 1. The Kier molecular flexibility index (Phi) is 6.88. The third-order valence-corrected chi connectivity index (χ3v) is 5.88. The minimum atomic E-state index is -0.192. The molecule has 0 aromatic carbocycles. The highest BCUT2D eigenvalue weighted by atomic mass is 35.5. The van der Waals surface area contributed by atoms with E-state index in [4.69, 9.17) is 21.6 Å². The van der Waals surface area contributed by atoms with Gasteiger partial charge in [0.15, 0.2) is 6.19 Å². The van der Waals surface area contributed by atoms with E-state index in [9.17, 15) is 4.79 Å². The van der Waals surface area contributed by atoms with Gasteiger partial charge in [-0.25, -0.2) is 4.98 Å². The number of aromatic nitrogens is 2. The number of rotatable bonds is 6.